The van der Waals surface area contributed by atoms with Crippen molar-refractivity contribution in [2.75, 3.05) is 43.4 Å². The highest BCUT2D eigenvalue weighted by atomic mass is 15.3. The highest BCUT2D eigenvalue weighted by Crippen LogP contribution is 2.32. The third kappa shape index (κ3) is 5.19. The first-order valence-corrected chi connectivity index (χ1v) is 13.2. The number of fused-ring (bicyclic) bond motifs is 1. The van der Waals surface area contributed by atoms with E-state index in [0.717, 1.165) is 51.4 Å². The quantitative estimate of drug-likeness (QED) is 0.427. The molecule has 1 aromatic heterocycles. The van der Waals surface area contributed by atoms with Gasteiger partial charge in [-0.1, -0.05) is 78.9 Å². The van der Waals surface area contributed by atoms with Gasteiger partial charge in [-0.3, -0.25) is 9.80 Å². The molecule has 37 heavy (non-hydrogen) atoms. The number of anilines is 3. The third-order valence-corrected chi connectivity index (χ3v) is 7.41. The predicted octanol–water partition coefficient (Wildman–Crippen LogP) is 4.45. The Labute approximate surface area is 218 Å². The number of nitrogens with zero attached hydrogens (tertiary/aromatic N) is 6. The summed E-state index contributed by atoms with van der Waals surface area (Å²) in [5.74, 6) is 1.68. The van der Waals surface area contributed by atoms with Gasteiger partial charge in [0.15, 0.2) is 0 Å². The fourth-order valence-corrected chi connectivity index (χ4v) is 5.62. The van der Waals surface area contributed by atoms with Crippen LogP contribution in [0.1, 0.15) is 35.0 Å². The molecule has 2 aliphatic rings. The second-order valence-corrected chi connectivity index (χ2v) is 9.83. The minimum Gasteiger partial charge on any atom is -0.368 e. The summed E-state index contributed by atoms with van der Waals surface area (Å²) in [4.78, 5) is 21.1. The van der Waals surface area contributed by atoms with E-state index in [9.17, 15) is 0 Å². The van der Waals surface area contributed by atoms with Crippen LogP contribution in [0.25, 0.3) is 0 Å². The van der Waals surface area contributed by atoms with Gasteiger partial charge in [0, 0.05) is 38.4 Å². The average Bonchev–Trinajstić information content (AvgIpc) is 2.95. The Balaban J connectivity index is 1.17. The monoisotopic (exact) mass is 491 g/mol. The first-order chi connectivity index (χ1) is 18.2. The van der Waals surface area contributed by atoms with Crippen LogP contribution >= 0.6 is 0 Å². The fraction of sp³-hybridized carbons (Fsp3) is 0.300. The van der Waals surface area contributed by atoms with E-state index in [4.69, 9.17) is 10.7 Å². The van der Waals surface area contributed by atoms with Gasteiger partial charge in [0.05, 0.1) is 12.6 Å². The molecular formula is C30H33N7. The Kier molecular flexibility index (Phi) is 6.80. The van der Waals surface area contributed by atoms with Gasteiger partial charge in [0.2, 0.25) is 11.9 Å². The van der Waals surface area contributed by atoms with E-state index < -0.39 is 0 Å². The molecule has 1 saturated heterocycles. The van der Waals surface area contributed by atoms with Crippen molar-refractivity contribution in [1.82, 2.24) is 24.8 Å². The van der Waals surface area contributed by atoms with Gasteiger partial charge in [-0.25, -0.2) is 0 Å². The summed E-state index contributed by atoms with van der Waals surface area (Å²) < 4.78 is 0. The van der Waals surface area contributed by atoms with Crippen molar-refractivity contribution in [3.8, 4) is 0 Å². The molecule has 2 aliphatic heterocycles. The van der Waals surface area contributed by atoms with Crippen molar-refractivity contribution >= 4 is 17.6 Å². The summed E-state index contributed by atoms with van der Waals surface area (Å²) >= 11 is 0. The molecule has 0 unspecified atom stereocenters. The van der Waals surface area contributed by atoms with E-state index >= 15 is 0 Å². The number of benzene rings is 3. The zero-order chi connectivity index (χ0) is 25.0. The van der Waals surface area contributed by atoms with E-state index in [1.807, 2.05) is 0 Å². The number of hydrogen-bond acceptors (Lipinski definition) is 7. The summed E-state index contributed by atoms with van der Waals surface area (Å²) in [6.45, 7) is 5.40. The summed E-state index contributed by atoms with van der Waals surface area (Å²) in [5.41, 5.74) is 11.3. The molecule has 0 spiro atoms. The maximum Gasteiger partial charge on any atom is 0.235 e. The topological polar surface area (TPSA) is 74.4 Å². The summed E-state index contributed by atoms with van der Waals surface area (Å²) in [5, 5.41) is 0. The van der Waals surface area contributed by atoms with Gasteiger partial charge in [0.25, 0.3) is 0 Å². The standard InChI is InChI=1S/C30H33N7/c31-29-32-27(33-30(34-29)37-17-9-15-23-10-7-8-16-26(23)37)22-35-18-20-36(21-19-35)28(24-11-3-1-4-12-24)25-13-5-2-6-14-25/h1-8,10-14,16,28H,9,15,17-22H2,(H2,31,32,33,34). The molecule has 7 heteroatoms. The van der Waals surface area contributed by atoms with E-state index in [1.54, 1.807) is 0 Å². The van der Waals surface area contributed by atoms with E-state index in [2.05, 4.69) is 110 Å². The van der Waals surface area contributed by atoms with Crippen molar-refractivity contribution < 1.29 is 0 Å². The minimum absolute atomic E-state index is 0.253. The van der Waals surface area contributed by atoms with Crippen molar-refractivity contribution in [3.05, 3.63) is 107 Å². The molecule has 0 aliphatic carbocycles. The molecule has 0 atom stereocenters. The van der Waals surface area contributed by atoms with Crippen LogP contribution in [0.15, 0.2) is 84.9 Å². The predicted molar refractivity (Wildman–Crippen MR) is 148 cm³/mol. The van der Waals surface area contributed by atoms with Gasteiger partial charge in [0.1, 0.15) is 5.82 Å². The first kappa shape index (κ1) is 23.6. The van der Waals surface area contributed by atoms with Crippen LogP contribution in [0.3, 0.4) is 0 Å². The van der Waals surface area contributed by atoms with E-state index in [0.29, 0.717) is 12.5 Å². The van der Waals surface area contributed by atoms with Crippen LogP contribution < -0.4 is 10.6 Å². The van der Waals surface area contributed by atoms with Crippen LogP contribution in [-0.4, -0.2) is 57.5 Å². The Morgan fingerprint density at radius 3 is 2.05 bits per heavy atom. The van der Waals surface area contributed by atoms with Gasteiger partial charge in [-0.2, -0.15) is 15.0 Å². The highest BCUT2D eigenvalue weighted by Gasteiger charge is 2.27. The molecule has 1 fully saturated rings. The molecule has 7 nitrogen and oxygen atoms in total. The Morgan fingerprint density at radius 2 is 1.35 bits per heavy atom. The van der Waals surface area contributed by atoms with Gasteiger partial charge in [-0.15, -0.1) is 0 Å². The number of nitrogens with two attached hydrogens (primary N) is 1. The SMILES string of the molecule is Nc1nc(CN2CCN(C(c3ccccc3)c3ccccc3)CC2)nc(N2CCCc3ccccc32)n1. The second kappa shape index (κ2) is 10.7. The largest absolute Gasteiger partial charge is 0.368 e. The van der Waals surface area contributed by atoms with E-state index in [-0.39, 0.29) is 12.0 Å². The number of aromatic nitrogens is 3. The van der Waals surface area contributed by atoms with Crippen LogP contribution in [-0.2, 0) is 13.0 Å². The van der Waals surface area contributed by atoms with Gasteiger partial charge < -0.3 is 10.6 Å². The molecule has 2 N–H and O–H groups in total. The third-order valence-electron chi connectivity index (χ3n) is 7.41. The summed E-state index contributed by atoms with van der Waals surface area (Å²) in [6, 6.07) is 30.4. The zero-order valence-electron chi connectivity index (χ0n) is 21.1. The number of rotatable bonds is 6. The van der Waals surface area contributed by atoms with Crippen molar-refractivity contribution in [2.24, 2.45) is 0 Å². The first-order valence-electron chi connectivity index (χ1n) is 13.2. The highest BCUT2D eigenvalue weighted by molar-refractivity contribution is 5.63. The Hall–Kier alpha value is -3.81. The minimum atomic E-state index is 0.253. The molecule has 3 heterocycles. The van der Waals surface area contributed by atoms with Crippen LogP contribution in [0, 0.1) is 0 Å². The number of hydrogen-bond donors (Lipinski definition) is 1. The Morgan fingerprint density at radius 1 is 0.703 bits per heavy atom. The summed E-state index contributed by atoms with van der Waals surface area (Å²) in [6.07, 6.45) is 2.15. The van der Waals surface area contributed by atoms with Gasteiger partial charge in [-0.05, 0) is 35.6 Å². The van der Waals surface area contributed by atoms with Crippen LogP contribution in [0.2, 0.25) is 0 Å². The molecule has 3 aromatic carbocycles. The van der Waals surface area contributed by atoms with Crippen molar-refractivity contribution in [1.29, 1.82) is 0 Å². The smallest absolute Gasteiger partial charge is 0.235 e. The molecule has 0 bridgehead atoms. The van der Waals surface area contributed by atoms with Crippen LogP contribution in [0.4, 0.5) is 17.6 Å². The fourth-order valence-electron chi connectivity index (χ4n) is 5.62. The number of aryl methyl sites for hydroxylation is 1. The number of piperazine rings is 1. The lowest BCUT2D eigenvalue weighted by Crippen LogP contribution is -2.47. The zero-order valence-corrected chi connectivity index (χ0v) is 21.1. The molecule has 188 valence electrons. The number of para-hydroxylation sites is 1. The second-order valence-electron chi connectivity index (χ2n) is 9.83. The molecule has 0 radical (unpaired) electrons. The molecule has 0 saturated carbocycles. The number of nitrogen functional groups attached to an aromatic ring is 1. The lowest BCUT2D eigenvalue weighted by Gasteiger charge is -2.39. The maximum atomic E-state index is 6.17. The molecular weight excluding hydrogens is 458 g/mol. The summed E-state index contributed by atoms with van der Waals surface area (Å²) in [7, 11) is 0. The van der Waals surface area contributed by atoms with E-state index in [1.165, 1.54) is 22.4 Å². The Bertz CT molecular complexity index is 1280. The lowest BCUT2D eigenvalue weighted by atomic mass is 9.96. The molecule has 0 amide bonds. The average molecular weight is 492 g/mol. The molecule has 4 aromatic rings. The molecule has 6 rings (SSSR count). The normalized spacial score (nSPS) is 16.6. The van der Waals surface area contributed by atoms with Crippen molar-refractivity contribution in [3.63, 3.8) is 0 Å². The lowest BCUT2D eigenvalue weighted by molar-refractivity contribution is 0.103. The van der Waals surface area contributed by atoms with Gasteiger partial charge >= 0.3 is 0 Å². The van der Waals surface area contributed by atoms with Crippen molar-refractivity contribution in [2.45, 2.75) is 25.4 Å². The van der Waals surface area contributed by atoms with Crippen LogP contribution in [0.5, 0.6) is 0 Å². The maximum absolute atomic E-state index is 6.17.